The van der Waals surface area contributed by atoms with Gasteiger partial charge in [-0.2, -0.15) is 0 Å². The number of aliphatic hydroxyl groups excluding tert-OH is 1. The summed E-state index contributed by atoms with van der Waals surface area (Å²) in [6.07, 6.45) is 7.20. The van der Waals surface area contributed by atoms with Crippen molar-refractivity contribution in [2.24, 2.45) is 22.2 Å². The highest BCUT2D eigenvalue weighted by Gasteiger charge is 2.34. The third-order valence-electron chi connectivity index (χ3n) is 5.28. The highest BCUT2D eigenvalue weighted by atomic mass is 16.5. The summed E-state index contributed by atoms with van der Waals surface area (Å²) in [5.41, 5.74) is 0.0612. The summed E-state index contributed by atoms with van der Waals surface area (Å²) in [7, 11) is 1.82. The maximum Gasteiger partial charge on any atom is 0.191 e. The van der Waals surface area contributed by atoms with E-state index in [0.717, 1.165) is 56.9 Å². The van der Waals surface area contributed by atoms with Gasteiger partial charge in [-0.3, -0.25) is 4.99 Å². The van der Waals surface area contributed by atoms with Crippen LogP contribution in [-0.2, 0) is 4.74 Å². The number of hydrogen-bond acceptors (Lipinski definition) is 3. The Kier molecular flexibility index (Phi) is 6.96. The van der Waals surface area contributed by atoms with Crippen LogP contribution >= 0.6 is 0 Å². The van der Waals surface area contributed by atoms with Crippen molar-refractivity contribution in [2.75, 3.05) is 40.0 Å². The second-order valence-corrected chi connectivity index (χ2v) is 7.22. The Hall–Kier alpha value is -0.810. The summed E-state index contributed by atoms with van der Waals surface area (Å²) >= 11 is 0. The predicted molar refractivity (Wildman–Crippen MR) is 90.1 cm³/mol. The molecule has 128 valence electrons. The Bertz CT molecular complexity index is 354. The first-order chi connectivity index (χ1) is 10.7. The van der Waals surface area contributed by atoms with Gasteiger partial charge in [0, 0.05) is 38.8 Å². The van der Waals surface area contributed by atoms with Crippen LogP contribution in [0.1, 0.15) is 45.4 Å². The summed E-state index contributed by atoms with van der Waals surface area (Å²) in [6.45, 7) is 5.93. The van der Waals surface area contributed by atoms with Crippen LogP contribution in [0.4, 0.5) is 0 Å². The Morgan fingerprint density at radius 1 is 1.36 bits per heavy atom. The van der Waals surface area contributed by atoms with Gasteiger partial charge >= 0.3 is 0 Å². The van der Waals surface area contributed by atoms with E-state index in [2.05, 4.69) is 22.5 Å². The molecule has 2 fully saturated rings. The predicted octanol–water partition coefficient (Wildman–Crippen LogP) is 1.77. The molecule has 1 saturated carbocycles. The Labute approximate surface area is 134 Å². The average Bonchev–Trinajstić information content (AvgIpc) is 2.97. The monoisotopic (exact) mass is 311 g/mol. The topological polar surface area (TPSA) is 65.9 Å². The molecule has 3 atom stereocenters. The van der Waals surface area contributed by atoms with Gasteiger partial charge in [-0.15, -0.1) is 0 Å². The van der Waals surface area contributed by atoms with Crippen molar-refractivity contribution < 1.29 is 9.84 Å². The molecule has 3 unspecified atom stereocenters. The van der Waals surface area contributed by atoms with E-state index in [1.807, 2.05) is 7.05 Å². The van der Waals surface area contributed by atoms with Crippen molar-refractivity contribution in [1.82, 2.24) is 10.6 Å². The van der Waals surface area contributed by atoms with E-state index in [9.17, 15) is 5.11 Å². The summed E-state index contributed by atoms with van der Waals surface area (Å²) < 4.78 is 5.53. The van der Waals surface area contributed by atoms with Gasteiger partial charge in [-0.05, 0) is 37.5 Å². The Morgan fingerprint density at radius 2 is 2.23 bits per heavy atom. The van der Waals surface area contributed by atoms with Gasteiger partial charge in [-0.1, -0.05) is 19.8 Å². The van der Waals surface area contributed by atoms with Crippen LogP contribution in [0.3, 0.4) is 0 Å². The van der Waals surface area contributed by atoms with Crippen molar-refractivity contribution in [3.8, 4) is 0 Å². The molecule has 1 saturated heterocycles. The Morgan fingerprint density at radius 3 is 2.86 bits per heavy atom. The highest BCUT2D eigenvalue weighted by Crippen LogP contribution is 2.31. The van der Waals surface area contributed by atoms with E-state index in [1.54, 1.807) is 0 Å². The first-order valence-electron chi connectivity index (χ1n) is 8.80. The van der Waals surface area contributed by atoms with Crippen LogP contribution in [0.25, 0.3) is 0 Å². The molecular formula is C17H33N3O2. The molecule has 1 aliphatic carbocycles. The van der Waals surface area contributed by atoms with E-state index < -0.39 is 0 Å². The van der Waals surface area contributed by atoms with Gasteiger partial charge in [-0.25, -0.2) is 0 Å². The number of hydrogen-bond donors (Lipinski definition) is 3. The van der Waals surface area contributed by atoms with E-state index >= 15 is 0 Å². The van der Waals surface area contributed by atoms with E-state index in [4.69, 9.17) is 4.74 Å². The molecule has 0 aromatic rings. The molecule has 22 heavy (non-hydrogen) atoms. The Balaban J connectivity index is 1.74. The molecule has 0 amide bonds. The van der Waals surface area contributed by atoms with Crippen LogP contribution in [-0.4, -0.2) is 51.0 Å². The minimum Gasteiger partial charge on any atom is -0.396 e. The number of nitrogens with one attached hydrogen (secondary N) is 2. The molecule has 0 aromatic heterocycles. The molecule has 5 heteroatoms. The zero-order valence-corrected chi connectivity index (χ0v) is 14.2. The van der Waals surface area contributed by atoms with Crippen LogP contribution in [0.5, 0.6) is 0 Å². The summed E-state index contributed by atoms with van der Waals surface area (Å²) in [6, 6.07) is 0. The largest absolute Gasteiger partial charge is 0.396 e. The van der Waals surface area contributed by atoms with E-state index in [-0.39, 0.29) is 12.0 Å². The third kappa shape index (κ3) is 5.13. The van der Waals surface area contributed by atoms with Crippen LogP contribution < -0.4 is 10.6 Å². The summed E-state index contributed by atoms with van der Waals surface area (Å²) in [5, 5.41) is 16.2. The van der Waals surface area contributed by atoms with E-state index in [1.165, 1.54) is 25.7 Å². The zero-order valence-electron chi connectivity index (χ0n) is 14.2. The second-order valence-electron chi connectivity index (χ2n) is 7.22. The maximum absolute atomic E-state index is 9.28. The minimum atomic E-state index is 0.0612. The van der Waals surface area contributed by atoms with E-state index in [0.29, 0.717) is 0 Å². The molecule has 1 heterocycles. The van der Waals surface area contributed by atoms with Crippen molar-refractivity contribution in [2.45, 2.75) is 45.4 Å². The number of rotatable bonds is 6. The first kappa shape index (κ1) is 17.5. The molecular weight excluding hydrogens is 278 g/mol. The quantitative estimate of drug-likeness (QED) is 0.517. The lowest BCUT2D eigenvalue weighted by Gasteiger charge is -2.29. The third-order valence-corrected chi connectivity index (χ3v) is 5.28. The SMILES string of the molecule is CN=C(NCC1CCCC(C)C1)NCC1(CCO)CCOC1. The molecule has 2 rings (SSSR count). The van der Waals surface area contributed by atoms with Gasteiger partial charge in [0.15, 0.2) is 5.96 Å². The number of ether oxygens (including phenoxy) is 1. The standard InChI is InChI=1S/C17H33N3O2/c1-14-4-3-5-15(10-14)11-19-16(18-2)20-12-17(6-8-21)7-9-22-13-17/h14-15,21H,3-13H2,1-2H3,(H2,18,19,20). The number of nitrogens with zero attached hydrogens (tertiary/aromatic N) is 1. The average molecular weight is 311 g/mol. The highest BCUT2D eigenvalue weighted by molar-refractivity contribution is 5.79. The number of aliphatic hydroxyl groups is 1. The van der Waals surface area contributed by atoms with Gasteiger partial charge in [0.1, 0.15) is 0 Å². The van der Waals surface area contributed by atoms with Gasteiger partial charge in [0.05, 0.1) is 6.61 Å². The molecule has 0 radical (unpaired) electrons. The molecule has 0 spiro atoms. The van der Waals surface area contributed by atoms with Crippen LogP contribution in [0.15, 0.2) is 4.99 Å². The fraction of sp³-hybridized carbons (Fsp3) is 0.941. The lowest BCUT2D eigenvalue weighted by atomic mass is 9.82. The summed E-state index contributed by atoms with van der Waals surface area (Å²) in [5.74, 6) is 2.50. The fourth-order valence-corrected chi connectivity index (χ4v) is 3.79. The van der Waals surface area contributed by atoms with Crippen molar-refractivity contribution in [1.29, 1.82) is 0 Å². The number of aliphatic imine (C=N–C) groups is 1. The van der Waals surface area contributed by atoms with Gasteiger partial charge in [0.25, 0.3) is 0 Å². The van der Waals surface area contributed by atoms with Crippen molar-refractivity contribution >= 4 is 5.96 Å². The lowest BCUT2D eigenvalue weighted by molar-refractivity contribution is 0.127. The van der Waals surface area contributed by atoms with Crippen molar-refractivity contribution in [3.63, 3.8) is 0 Å². The molecule has 3 N–H and O–H groups in total. The number of guanidine groups is 1. The summed E-state index contributed by atoms with van der Waals surface area (Å²) in [4.78, 5) is 4.33. The molecule has 0 aromatic carbocycles. The zero-order chi connectivity index (χ0) is 15.8. The fourth-order valence-electron chi connectivity index (χ4n) is 3.79. The maximum atomic E-state index is 9.28. The normalized spacial score (nSPS) is 33.0. The smallest absolute Gasteiger partial charge is 0.191 e. The first-order valence-corrected chi connectivity index (χ1v) is 8.80. The van der Waals surface area contributed by atoms with Crippen molar-refractivity contribution in [3.05, 3.63) is 0 Å². The molecule has 1 aliphatic heterocycles. The molecule has 2 aliphatic rings. The van der Waals surface area contributed by atoms with Crippen LogP contribution in [0, 0.1) is 17.3 Å². The van der Waals surface area contributed by atoms with Gasteiger partial charge < -0.3 is 20.5 Å². The minimum absolute atomic E-state index is 0.0612. The lowest BCUT2D eigenvalue weighted by Crippen LogP contribution is -2.45. The van der Waals surface area contributed by atoms with Crippen LogP contribution in [0.2, 0.25) is 0 Å². The molecule has 0 bridgehead atoms. The molecule has 5 nitrogen and oxygen atoms in total. The van der Waals surface area contributed by atoms with Gasteiger partial charge in [0.2, 0.25) is 0 Å². The second kappa shape index (κ2) is 8.73.